The highest BCUT2D eigenvalue weighted by atomic mass is 32.1. The molecule has 1 aromatic heterocycles. The van der Waals surface area contributed by atoms with Crippen molar-refractivity contribution in [3.8, 4) is 0 Å². The van der Waals surface area contributed by atoms with E-state index in [0.717, 1.165) is 11.3 Å². The summed E-state index contributed by atoms with van der Waals surface area (Å²) in [4.78, 5) is 28.4. The average molecular weight is 347 g/mol. The van der Waals surface area contributed by atoms with Crippen molar-refractivity contribution >= 4 is 23.2 Å². The highest BCUT2D eigenvalue weighted by Crippen LogP contribution is 2.27. The predicted octanol–water partition coefficient (Wildman–Crippen LogP) is 1.80. The average Bonchev–Trinajstić information content (AvgIpc) is 3.02. The number of carbonyl (C=O) groups is 2. The number of amides is 1. The van der Waals surface area contributed by atoms with Crippen molar-refractivity contribution in [1.82, 2.24) is 15.6 Å². The number of nitrogens with one attached hydrogen (secondary N) is 2. The van der Waals surface area contributed by atoms with Gasteiger partial charge in [0.1, 0.15) is 9.88 Å². The fourth-order valence-electron chi connectivity index (χ4n) is 2.27. The number of hydrogen-bond donors (Lipinski definition) is 2. The van der Waals surface area contributed by atoms with Crippen molar-refractivity contribution in [2.24, 2.45) is 0 Å². The molecule has 1 amide bonds. The zero-order valence-corrected chi connectivity index (χ0v) is 13.9. The molecule has 2 atom stereocenters. The second-order valence-electron chi connectivity index (χ2n) is 5.41. The van der Waals surface area contributed by atoms with Gasteiger partial charge in [0.15, 0.2) is 0 Å². The van der Waals surface area contributed by atoms with Gasteiger partial charge in [-0.3, -0.25) is 10.1 Å². The first-order valence-electron chi connectivity index (χ1n) is 7.29. The van der Waals surface area contributed by atoms with Crippen LogP contribution in [0.5, 0.6) is 0 Å². The molecule has 0 spiro atoms. The van der Waals surface area contributed by atoms with Crippen LogP contribution in [0.25, 0.3) is 0 Å². The second-order valence-corrected chi connectivity index (χ2v) is 6.44. The first-order chi connectivity index (χ1) is 10.7. The van der Waals surface area contributed by atoms with Crippen LogP contribution in [0.1, 0.15) is 46.7 Å². The molecule has 1 saturated heterocycles. The van der Waals surface area contributed by atoms with Crippen molar-refractivity contribution in [3.05, 3.63) is 15.6 Å². The maximum atomic E-state index is 13.1. The molecular weight excluding hydrogens is 328 g/mol. The van der Waals surface area contributed by atoms with E-state index in [0.29, 0.717) is 15.6 Å². The number of alkyl halides is 2. The molecule has 1 aromatic rings. The monoisotopic (exact) mass is 347 g/mol. The summed E-state index contributed by atoms with van der Waals surface area (Å²) in [5.41, 5.74) is 0.523. The lowest BCUT2D eigenvalue weighted by atomic mass is 10.1. The Morgan fingerprint density at radius 3 is 2.83 bits per heavy atom. The summed E-state index contributed by atoms with van der Waals surface area (Å²) in [5.74, 6) is -3.82. The van der Waals surface area contributed by atoms with Gasteiger partial charge in [0.05, 0.1) is 30.9 Å². The Kier molecular flexibility index (Phi) is 5.30. The first kappa shape index (κ1) is 17.7. The smallest absolute Gasteiger partial charge is 0.350 e. The molecule has 1 fully saturated rings. The summed E-state index contributed by atoms with van der Waals surface area (Å²) in [6, 6.07) is -1.40. The third kappa shape index (κ3) is 4.23. The molecular formula is C14H19F2N3O3S. The Morgan fingerprint density at radius 1 is 1.57 bits per heavy atom. The normalized spacial score (nSPS) is 21.0. The van der Waals surface area contributed by atoms with E-state index in [1.807, 2.05) is 0 Å². The Hall–Kier alpha value is -1.61. The maximum absolute atomic E-state index is 13.1. The van der Waals surface area contributed by atoms with Gasteiger partial charge in [-0.2, -0.15) is 0 Å². The highest BCUT2D eigenvalue weighted by molar-refractivity contribution is 7.13. The third-order valence-corrected chi connectivity index (χ3v) is 4.75. The maximum Gasteiger partial charge on any atom is 0.350 e. The molecule has 9 heteroatoms. The Balaban J connectivity index is 2.01. The molecule has 2 unspecified atom stereocenters. The summed E-state index contributed by atoms with van der Waals surface area (Å²) in [5, 5.41) is 5.68. The predicted molar refractivity (Wildman–Crippen MR) is 80.7 cm³/mol. The van der Waals surface area contributed by atoms with E-state index in [1.165, 1.54) is 0 Å². The summed E-state index contributed by atoms with van der Waals surface area (Å²) in [7, 11) is 0. The Bertz CT molecular complexity index is 606. The van der Waals surface area contributed by atoms with Gasteiger partial charge in [-0.1, -0.05) is 0 Å². The van der Waals surface area contributed by atoms with Gasteiger partial charge in [0, 0.05) is 6.42 Å². The van der Waals surface area contributed by atoms with Gasteiger partial charge in [-0.05, 0) is 20.8 Å². The molecule has 0 radical (unpaired) electrons. The van der Waals surface area contributed by atoms with E-state index < -0.39 is 42.8 Å². The quantitative estimate of drug-likeness (QED) is 0.794. The van der Waals surface area contributed by atoms with Crippen molar-refractivity contribution in [2.45, 2.75) is 45.2 Å². The number of carbonyl (C=O) groups excluding carboxylic acids is 2. The summed E-state index contributed by atoms with van der Waals surface area (Å²) < 4.78 is 31.2. The van der Waals surface area contributed by atoms with Crippen LogP contribution in [-0.4, -0.2) is 42.0 Å². The summed E-state index contributed by atoms with van der Waals surface area (Å²) >= 11 is 1.13. The molecule has 0 bridgehead atoms. The number of nitrogens with zero attached hydrogens (tertiary/aromatic N) is 1. The minimum absolute atomic E-state index is 0.263. The lowest BCUT2D eigenvalue weighted by Gasteiger charge is -2.15. The van der Waals surface area contributed by atoms with Crippen LogP contribution < -0.4 is 10.6 Å². The van der Waals surface area contributed by atoms with E-state index in [9.17, 15) is 18.4 Å². The summed E-state index contributed by atoms with van der Waals surface area (Å²) in [6.07, 6.45) is -0.517. The van der Waals surface area contributed by atoms with Gasteiger partial charge in [0.2, 0.25) is 5.91 Å². The number of hydrogen-bond acceptors (Lipinski definition) is 6. The fraction of sp³-hybridized carbons (Fsp3) is 0.643. The van der Waals surface area contributed by atoms with Crippen molar-refractivity contribution < 1.29 is 23.1 Å². The standard InChI is InChI=1S/C14H19F2N3O3S/c1-4-22-13(21)10-7(2)19-12(23-10)8(3)18-11(20)9-5-14(15,16)6-17-9/h8-9,17H,4-6H2,1-3H3,(H,18,20). The van der Waals surface area contributed by atoms with Crippen molar-refractivity contribution in [3.63, 3.8) is 0 Å². The Morgan fingerprint density at radius 2 is 2.26 bits per heavy atom. The number of aromatic nitrogens is 1. The molecule has 6 nitrogen and oxygen atoms in total. The van der Waals surface area contributed by atoms with E-state index in [-0.39, 0.29) is 6.61 Å². The van der Waals surface area contributed by atoms with Crippen LogP contribution in [-0.2, 0) is 9.53 Å². The lowest BCUT2D eigenvalue weighted by molar-refractivity contribution is -0.124. The molecule has 0 saturated carbocycles. The molecule has 2 N–H and O–H groups in total. The SMILES string of the molecule is CCOC(=O)c1sc(C(C)NC(=O)C2CC(F)(F)CN2)nc1C. The lowest BCUT2D eigenvalue weighted by Crippen LogP contribution is -2.41. The van der Waals surface area contributed by atoms with E-state index in [2.05, 4.69) is 15.6 Å². The minimum Gasteiger partial charge on any atom is -0.462 e. The molecule has 1 aliphatic rings. The van der Waals surface area contributed by atoms with Crippen molar-refractivity contribution in [2.75, 3.05) is 13.2 Å². The number of rotatable bonds is 5. The molecule has 2 rings (SSSR count). The van der Waals surface area contributed by atoms with Gasteiger partial charge in [0.25, 0.3) is 5.92 Å². The van der Waals surface area contributed by atoms with Crippen LogP contribution in [0.15, 0.2) is 0 Å². The second kappa shape index (κ2) is 6.88. The first-order valence-corrected chi connectivity index (χ1v) is 8.11. The third-order valence-electron chi connectivity index (χ3n) is 3.43. The molecule has 0 aliphatic carbocycles. The number of halogens is 2. The Labute approximate surface area is 136 Å². The number of thiazole rings is 1. The molecule has 23 heavy (non-hydrogen) atoms. The minimum atomic E-state index is -2.86. The van der Waals surface area contributed by atoms with E-state index in [4.69, 9.17) is 4.74 Å². The zero-order valence-electron chi connectivity index (χ0n) is 13.1. The van der Waals surface area contributed by atoms with Crippen LogP contribution in [0, 0.1) is 6.92 Å². The zero-order chi connectivity index (χ0) is 17.2. The molecule has 2 heterocycles. The van der Waals surface area contributed by atoms with Crippen LogP contribution in [0.4, 0.5) is 8.78 Å². The van der Waals surface area contributed by atoms with Gasteiger partial charge < -0.3 is 10.1 Å². The van der Waals surface area contributed by atoms with E-state index in [1.54, 1.807) is 20.8 Å². The van der Waals surface area contributed by atoms with Crippen LogP contribution in [0.2, 0.25) is 0 Å². The molecule has 0 aromatic carbocycles. The van der Waals surface area contributed by atoms with Gasteiger partial charge in [-0.15, -0.1) is 11.3 Å². The number of ether oxygens (including phenoxy) is 1. The molecule has 128 valence electrons. The fourth-order valence-corrected chi connectivity index (χ4v) is 3.23. The molecule has 1 aliphatic heterocycles. The number of aryl methyl sites for hydroxylation is 1. The van der Waals surface area contributed by atoms with Crippen molar-refractivity contribution in [1.29, 1.82) is 0 Å². The van der Waals surface area contributed by atoms with E-state index >= 15 is 0 Å². The van der Waals surface area contributed by atoms with Crippen LogP contribution >= 0.6 is 11.3 Å². The van der Waals surface area contributed by atoms with Gasteiger partial charge in [-0.25, -0.2) is 18.6 Å². The number of esters is 1. The highest BCUT2D eigenvalue weighted by Gasteiger charge is 2.42. The topological polar surface area (TPSA) is 80.3 Å². The largest absolute Gasteiger partial charge is 0.462 e. The summed E-state index contributed by atoms with van der Waals surface area (Å²) in [6.45, 7) is 4.85. The van der Waals surface area contributed by atoms with Crippen LogP contribution in [0.3, 0.4) is 0 Å². The van der Waals surface area contributed by atoms with Gasteiger partial charge >= 0.3 is 5.97 Å².